The first kappa shape index (κ1) is 16.7. The van der Waals surface area contributed by atoms with E-state index < -0.39 is 6.36 Å². The molecule has 0 amide bonds. The number of nitrogens with zero attached hydrogens (tertiary/aromatic N) is 1. The lowest BCUT2D eigenvalue weighted by molar-refractivity contribution is -0.274. The lowest BCUT2D eigenvalue weighted by atomic mass is 10.1. The van der Waals surface area contributed by atoms with Crippen molar-refractivity contribution in [1.29, 1.82) is 5.26 Å². The second kappa shape index (κ2) is 6.61. The number of para-hydroxylation sites is 1. The van der Waals surface area contributed by atoms with Crippen molar-refractivity contribution >= 4 is 0 Å². The summed E-state index contributed by atoms with van der Waals surface area (Å²) < 4.78 is 46.5. The highest BCUT2D eigenvalue weighted by Crippen LogP contribution is 2.27. The molecule has 0 heterocycles. The van der Waals surface area contributed by atoms with Gasteiger partial charge in [0.15, 0.2) is 0 Å². The van der Waals surface area contributed by atoms with Gasteiger partial charge in [0.2, 0.25) is 0 Å². The average Bonchev–Trinajstić information content (AvgIpc) is 2.45. The van der Waals surface area contributed by atoms with Crippen LogP contribution in [0, 0.1) is 25.2 Å². The van der Waals surface area contributed by atoms with E-state index in [0.29, 0.717) is 11.3 Å². The number of halogens is 3. The zero-order valence-electron chi connectivity index (χ0n) is 12.6. The van der Waals surface area contributed by atoms with Crippen molar-refractivity contribution in [3.05, 3.63) is 58.7 Å². The standard InChI is InChI=1S/C17H14F3NO2/c1-11-4-3-5-12(2)16(11)22-10-14-8-15(23-17(18,19)20)7-6-13(14)9-21/h3-8H,10H2,1-2H3. The molecular weight excluding hydrogens is 307 g/mol. The van der Waals surface area contributed by atoms with E-state index in [0.717, 1.165) is 17.2 Å². The Bertz CT molecular complexity index is 728. The van der Waals surface area contributed by atoms with Crippen molar-refractivity contribution in [3.63, 3.8) is 0 Å². The fraction of sp³-hybridized carbons (Fsp3) is 0.235. The molecule has 0 saturated heterocycles. The molecule has 0 aliphatic carbocycles. The molecule has 0 spiro atoms. The van der Waals surface area contributed by atoms with Crippen LogP contribution in [0.4, 0.5) is 13.2 Å². The van der Waals surface area contributed by atoms with Gasteiger partial charge >= 0.3 is 6.36 Å². The van der Waals surface area contributed by atoms with Gasteiger partial charge in [0.05, 0.1) is 11.6 Å². The Kier molecular flexibility index (Phi) is 4.80. The number of benzene rings is 2. The minimum absolute atomic E-state index is 0.0242. The number of hydrogen-bond donors (Lipinski definition) is 0. The highest BCUT2D eigenvalue weighted by atomic mass is 19.4. The molecule has 0 saturated carbocycles. The first-order valence-electron chi connectivity index (χ1n) is 6.78. The van der Waals surface area contributed by atoms with Crippen molar-refractivity contribution < 1.29 is 22.6 Å². The normalized spacial score (nSPS) is 11.0. The first-order chi connectivity index (χ1) is 10.8. The van der Waals surface area contributed by atoms with Crippen LogP contribution in [0.15, 0.2) is 36.4 Å². The molecule has 2 aromatic rings. The van der Waals surface area contributed by atoms with E-state index in [2.05, 4.69) is 4.74 Å². The van der Waals surface area contributed by atoms with E-state index >= 15 is 0 Å². The summed E-state index contributed by atoms with van der Waals surface area (Å²) in [4.78, 5) is 0. The highest BCUT2D eigenvalue weighted by Gasteiger charge is 2.31. The number of ether oxygens (including phenoxy) is 2. The third kappa shape index (κ3) is 4.39. The van der Waals surface area contributed by atoms with E-state index in [9.17, 15) is 13.2 Å². The van der Waals surface area contributed by atoms with Crippen molar-refractivity contribution in [2.24, 2.45) is 0 Å². The summed E-state index contributed by atoms with van der Waals surface area (Å²) in [5.41, 5.74) is 2.39. The van der Waals surface area contributed by atoms with E-state index in [1.807, 2.05) is 38.1 Å². The van der Waals surface area contributed by atoms with Crippen molar-refractivity contribution in [2.45, 2.75) is 26.8 Å². The summed E-state index contributed by atoms with van der Waals surface area (Å²) in [5.74, 6) is 0.273. The monoisotopic (exact) mass is 321 g/mol. The van der Waals surface area contributed by atoms with E-state index in [4.69, 9.17) is 10.00 Å². The van der Waals surface area contributed by atoms with Crippen LogP contribution in [-0.2, 0) is 6.61 Å². The predicted octanol–water partition coefficient (Wildman–Crippen LogP) is 4.65. The summed E-state index contributed by atoms with van der Waals surface area (Å²) >= 11 is 0. The number of hydrogen-bond acceptors (Lipinski definition) is 3. The number of alkyl halides is 3. The van der Waals surface area contributed by atoms with Gasteiger partial charge in [-0.2, -0.15) is 5.26 Å². The summed E-state index contributed by atoms with van der Waals surface area (Å²) in [6.45, 7) is 3.72. The second-order valence-corrected chi connectivity index (χ2v) is 4.99. The van der Waals surface area contributed by atoms with Gasteiger partial charge in [-0.15, -0.1) is 13.2 Å². The Labute approximate surface area is 131 Å². The Morgan fingerprint density at radius 1 is 1.09 bits per heavy atom. The van der Waals surface area contributed by atoms with Gasteiger partial charge in [0.25, 0.3) is 0 Å². The van der Waals surface area contributed by atoms with Crippen molar-refractivity contribution in [2.75, 3.05) is 0 Å². The second-order valence-electron chi connectivity index (χ2n) is 4.99. The van der Waals surface area contributed by atoms with Gasteiger partial charge in [-0.05, 0) is 43.2 Å². The number of rotatable bonds is 4. The van der Waals surface area contributed by atoms with Gasteiger partial charge in [0, 0.05) is 5.56 Å². The molecule has 23 heavy (non-hydrogen) atoms. The molecule has 0 radical (unpaired) electrons. The fourth-order valence-electron chi connectivity index (χ4n) is 2.17. The minimum atomic E-state index is -4.78. The summed E-state index contributed by atoms with van der Waals surface area (Å²) in [5, 5.41) is 9.08. The van der Waals surface area contributed by atoms with E-state index in [1.165, 1.54) is 12.1 Å². The lowest BCUT2D eigenvalue weighted by Crippen LogP contribution is -2.17. The molecule has 0 N–H and O–H groups in total. The summed E-state index contributed by atoms with van der Waals surface area (Å²) in [6, 6.07) is 11.1. The first-order valence-corrected chi connectivity index (χ1v) is 6.78. The molecule has 0 aliphatic rings. The van der Waals surface area contributed by atoms with Crippen LogP contribution in [0.1, 0.15) is 22.3 Å². The molecule has 2 aromatic carbocycles. The van der Waals surface area contributed by atoms with Gasteiger partial charge in [-0.3, -0.25) is 0 Å². The maximum atomic E-state index is 12.3. The van der Waals surface area contributed by atoms with Crippen LogP contribution in [0.2, 0.25) is 0 Å². The molecule has 0 aliphatic heterocycles. The third-order valence-electron chi connectivity index (χ3n) is 3.21. The van der Waals surface area contributed by atoms with Crippen LogP contribution in [0.3, 0.4) is 0 Å². The topological polar surface area (TPSA) is 42.2 Å². The van der Waals surface area contributed by atoms with E-state index in [1.54, 1.807) is 0 Å². The number of aryl methyl sites for hydroxylation is 2. The lowest BCUT2D eigenvalue weighted by Gasteiger charge is -2.14. The molecule has 3 nitrogen and oxygen atoms in total. The quantitative estimate of drug-likeness (QED) is 0.823. The van der Waals surface area contributed by atoms with Gasteiger partial charge < -0.3 is 9.47 Å². The Morgan fingerprint density at radius 2 is 1.74 bits per heavy atom. The third-order valence-corrected chi connectivity index (χ3v) is 3.21. The minimum Gasteiger partial charge on any atom is -0.488 e. The maximum Gasteiger partial charge on any atom is 0.573 e. The van der Waals surface area contributed by atoms with Crippen molar-refractivity contribution in [1.82, 2.24) is 0 Å². The van der Waals surface area contributed by atoms with Crippen LogP contribution in [0.5, 0.6) is 11.5 Å². The molecular formula is C17H14F3NO2. The molecule has 6 heteroatoms. The van der Waals surface area contributed by atoms with Crippen LogP contribution < -0.4 is 9.47 Å². The fourth-order valence-corrected chi connectivity index (χ4v) is 2.17. The summed E-state index contributed by atoms with van der Waals surface area (Å²) in [7, 11) is 0. The molecule has 2 rings (SSSR count). The highest BCUT2D eigenvalue weighted by molar-refractivity contribution is 5.44. The zero-order chi connectivity index (χ0) is 17.0. The molecule has 0 bridgehead atoms. The Hall–Kier alpha value is -2.68. The maximum absolute atomic E-state index is 12.3. The van der Waals surface area contributed by atoms with Crippen molar-refractivity contribution in [3.8, 4) is 17.6 Å². The molecule has 0 atom stereocenters. The summed E-state index contributed by atoms with van der Waals surface area (Å²) in [6.07, 6.45) is -4.78. The average molecular weight is 321 g/mol. The Morgan fingerprint density at radius 3 is 2.30 bits per heavy atom. The van der Waals surface area contributed by atoms with Crippen LogP contribution in [-0.4, -0.2) is 6.36 Å². The van der Waals surface area contributed by atoms with Crippen LogP contribution in [0.25, 0.3) is 0 Å². The van der Waals surface area contributed by atoms with Gasteiger partial charge in [0.1, 0.15) is 18.1 Å². The molecule has 0 unspecified atom stereocenters. The SMILES string of the molecule is Cc1cccc(C)c1OCc1cc(OC(F)(F)F)ccc1C#N. The van der Waals surface area contributed by atoms with Gasteiger partial charge in [-0.25, -0.2) is 0 Å². The zero-order valence-corrected chi connectivity index (χ0v) is 12.6. The number of nitriles is 1. The van der Waals surface area contributed by atoms with E-state index in [-0.39, 0.29) is 17.9 Å². The Balaban J connectivity index is 2.24. The smallest absolute Gasteiger partial charge is 0.488 e. The van der Waals surface area contributed by atoms with Gasteiger partial charge in [-0.1, -0.05) is 18.2 Å². The largest absolute Gasteiger partial charge is 0.573 e. The molecule has 0 fully saturated rings. The molecule has 0 aromatic heterocycles. The predicted molar refractivity (Wildman–Crippen MR) is 78.1 cm³/mol. The van der Waals surface area contributed by atoms with Crippen LogP contribution >= 0.6 is 0 Å². The molecule has 120 valence electrons.